The van der Waals surface area contributed by atoms with Crippen molar-refractivity contribution in [2.45, 2.75) is 26.7 Å². The van der Waals surface area contributed by atoms with E-state index in [-0.39, 0.29) is 0 Å². The van der Waals surface area contributed by atoms with Gasteiger partial charge in [-0.2, -0.15) is 0 Å². The SMILES string of the molecule is C=C(c1ccccc1)C1CCN(c2ccc(C)cc2-c2cccnc2C)CC1. The maximum Gasteiger partial charge on any atom is 0.0451 e. The van der Waals surface area contributed by atoms with Crippen molar-refractivity contribution in [1.29, 1.82) is 0 Å². The molecule has 2 aromatic carbocycles. The molecule has 0 atom stereocenters. The predicted molar refractivity (Wildman–Crippen MR) is 120 cm³/mol. The van der Waals surface area contributed by atoms with Crippen LogP contribution in [0.5, 0.6) is 0 Å². The van der Waals surface area contributed by atoms with Crippen molar-refractivity contribution in [1.82, 2.24) is 4.98 Å². The minimum atomic E-state index is 0.563. The van der Waals surface area contributed by atoms with Crippen LogP contribution in [0.25, 0.3) is 16.7 Å². The highest BCUT2D eigenvalue weighted by Gasteiger charge is 2.24. The molecule has 1 aliphatic heterocycles. The van der Waals surface area contributed by atoms with E-state index in [4.69, 9.17) is 0 Å². The van der Waals surface area contributed by atoms with Gasteiger partial charge >= 0.3 is 0 Å². The fraction of sp³-hybridized carbons (Fsp3) is 0.269. The average molecular weight is 369 g/mol. The van der Waals surface area contributed by atoms with E-state index in [2.05, 4.69) is 84.9 Å². The van der Waals surface area contributed by atoms with Crippen LogP contribution in [0.1, 0.15) is 29.7 Å². The summed E-state index contributed by atoms with van der Waals surface area (Å²) in [7, 11) is 0. The van der Waals surface area contributed by atoms with Crippen LogP contribution < -0.4 is 4.90 Å². The Kier molecular flexibility index (Phi) is 5.29. The summed E-state index contributed by atoms with van der Waals surface area (Å²) in [5.41, 5.74) is 8.79. The number of allylic oxidation sites excluding steroid dienone is 1. The second-order valence-corrected chi connectivity index (χ2v) is 7.81. The number of pyridine rings is 1. The number of piperidine rings is 1. The van der Waals surface area contributed by atoms with E-state index in [9.17, 15) is 0 Å². The lowest BCUT2D eigenvalue weighted by Gasteiger charge is -2.36. The number of hydrogen-bond donors (Lipinski definition) is 0. The van der Waals surface area contributed by atoms with E-state index in [1.165, 1.54) is 33.5 Å². The molecule has 0 bridgehead atoms. The maximum absolute atomic E-state index is 4.51. The summed E-state index contributed by atoms with van der Waals surface area (Å²) >= 11 is 0. The Labute approximate surface area is 168 Å². The van der Waals surface area contributed by atoms with Gasteiger partial charge in [0, 0.05) is 41.8 Å². The molecule has 0 aliphatic carbocycles. The van der Waals surface area contributed by atoms with Gasteiger partial charge in [0.1, 0.15) is 0 Å². The van der Waals surface area contributed by atoms with Gasteiger partial charge in [-0.1, -0.05) is 54.6 Å². The molecule has 1 saturated heterocycles. The van der Waals surface area contributed by atoms with Crippen LogP contribution in [0.4, 0.5) is 5.69 Å². The highest BCUT2D eigenvalue weighted by molar-refractivity contribution is 5.80. The number of rotatable bonds is 4. The van der Waals surface area contributed by atoms with Crippen LogP contribution in [0.3, 0.4) is 0 Å². The van der Waals surface area contributed by atoms with Crippen molar-refractivity contribution in [3.63, 3.8) is 0 Å². The summed E-state index contributed by atoms with van der Waals surface area (Å²) in [5, 5.41) is 0. The molecule has 0 unspecified atom stereocenters. The highest BCUT2D eigenvalue weighted by Crippen LogP contribution is 2.37. The molecule has 1 fully saturated rings. The normalized spacial score (nSPS) is 14.9. The Morgan fingerprint density at radius 1 is 0.929 bits per heavy atom. The van der Waals surface area contributed by atoms with E-state index >= 15 is 0 Å². The first-order valence-electron chi connectivity index (χ1n) is 10.2. The zero-order valence-corrected chi connectivity index (χ0v) is 16.9. The topological polar surface area (TPSA) is 16.1 Å². The molecule has 28 heavy (non-hydrogen) atoms. The average Bonchev–Trinajstić information content (AvgIpc) is 2.74. The van der Waals surface area contributed by atoms with E-state index in [1.54, 1.807) is 0 Å². The molecule has 142 valence electrons. The third kappa shape index (κ3) is 3.73. The number of nitrogens with zero attached hydrogens (tertiary/aromatic N) is 2. The van der Waals surface area contributed by atoms with Crippen LogP contribution in [-0.4, -0.2) is 18.1 Å². The minimum absolute atomic E-state index is 0.563. The molecule has 0 radical (unpaired) electrons. The van der Waals surface area contributed by atoms with Crippen molar-refractivity contribution in [3.8, 4) is 11.1 Å². The summed E-state index contributed by atoms with van der Waals surface area (Å²) in [5.74, 6) is 0.563. The molecule has 3 aromatic rings. The lowest BCUT2D eigenvalue weighted by atomic mass is 9.85. The number of hydrogen-bond acceptors (Lipinski definition) is 2. The van der Waals surface area contributed by atoms with E-state index in [0.717, 1.165) is 31.6 Å². The lowest BCUT2D eigenvalue weighted by molar-refractivity contribution is 0.491. The van der Waals surface area contributed by atoms with E-state index in [0.29, 0.717) is 5.92 Å². The second-order valence-electron chi connectivity index (χ2n) is 7.81. The van der Waals surface area contributed by atoms with Gasteiger partial charge < -0.3 is 4.90 Å². The first kappa shape index (κ1) is 18.5. The summed E-state index contributed by atoms with van der Waals surface area (Å²) in [6, 6.07) is 21.6. The molecule has 2 heteroatoms. The Hall–Kier alpha value is -2.87. The Balaban J connectivity index is 1.56. The summed E-state index contributed by atoms with van der Waals surface area (Å²) in [6.07, 6.45) is 4.16. The van der Waals surface area contributed by atoms with Crippen LogP contribution in [-0.2, 0) is 0 Å². The predicted octanol–water partition coefficient (Wildman–Crippen LogP) is 6.30. The van der Waals surface area contributed by atoms with Crippen molar-refractivity contribution >= 4 is 11.3 Å². The van der Waals surface area contributed by atoms with Gasteiger partial charge in [-0.25, -0.2) is 0 Å². The number of aryl methyl sites for hydroxylation is 2. The molecule has 2 nitrogen and oxygen atoms in total. The second kappa shape index (κ2) is 8.02. The quantitative estimate of drug-likeness (QED) is 0.537. The molecule has 0 spiro atoms. The van der Waals surface area contributed by atoms with E-state index < -0.39 is 0 Å². The fourth-order valence-electron chi connectivity index (χ4n) is 4.27. The smallest absolute Gasteiger partial charge is 0.0451 e. The van der Waals surface area contributed by atoms with Gasteiger partial charge in [0.05, 0.1) is 0 Å². The maximum atomic E-state index is 4.51. The first-order chi connectivity index (χ1) is 13.6. The Morgan fingerprint density at radius 2 is 1.68 bits per heavy atom. The summed E-state index contributed by atoms with van der Waals surface area (Å²) in [4.78, 5) is 7.05. The van der Waals surface area contributed by atoms with Crippen LogP contribution >= 0.6 is 0 Å². The Morgan fingerprint density at radius 3 is 2.39 bits per heavy atom. The molecular formula is C26H28N2. The fourth-order valence-corrected chi connectivity index (χ4v) is 4.27. The molecule has 2 heterocycles. The van der Waals surface area contributed by atoms with Crippen LogP contribution in [0.15, 0.2) is 73.4 Å². The zero-order valence-electron chi connectivity index (χ0n) is 16.9. The third-order valence-electron chi connectivity index (χ3n) is 5.92. The Bertz CT molecular complexity index is 967. The monoisotopic (exact) mass is 368 g/mol. The van der Waals surface area contributed by atoms with Crippen LogP contribution in [0, 0.1) is 19.8 Å². The van der Waals surface area contributed by atoms with Gasteiger partial charge in [0.2, 0.25) is 0 Å². The van der Waals surface area contributed by atoms with Crippen molar-refractivity contribution < 1.29 is 0 Å². The van der Waals surface area contributed by atoms with Crippen molar-refractivity contribution in [2.75, 3.05) is 18.0 Å². The van der Waals surface area contributed by atoms with E-state index in [1.807, 2.05) is 12.3 Å². The van der Waals surface area contributed by atoms with Gasteiger partial charge in [-0.05, 0) is 61.9 Å². The van der Waals surface area contributed by atoms with Crippen molar-refractivity contribution in [3.05, 3.63) is 90.3 Å². The van der Waals surface area contributed by atoms with Crippen LogP contribution in [0.2, 0.25) is 0 Å². The van der Waals surface area contributed by atoms with Gasteiger partial charge in [-0.3, -0.25) is 4.98 Å². The largest absolute Gasteiger partial charge is 0.371 e. The molecule has 1 aromatic heterocycles. The number of benzene rings is 2. The lowest BCUT2D eigenvalue weighted by Crippen LogP contribution is -2.34. The summed E-state index contributed by atoms with van der Waals surface area (Å²) < 4.78 is 0. The third-order valence-corrected chi connectivity index (χ3v) is 5.92. The minimum Gasteiger partial charge on any atom is -0.371 e. The summed E-state index contributed by atoms with van der Waals surface area (Å²) in [6.45, 7) is 10.8. The van der Waals surface area contributed by atoms with Gasteiger partial charge in [0.25, 0.3) is 0 Å². The number of anilines is 1. The highest BCUT2D eigenvalue weighted by atomic mass is 15.1. The van der Waals surface area contributed by atoms with Gasteiger partial charge in [0.15, 0.2) is 0 Å². The molecule has 1 aliphatic rings. The molecule has 0 N–H and O–H groups in total. The zero-order chi connectivity index (χ0) is 19.5. The first-order valence-corrected chi connectivity index (χ1v) is 10.2. The van der Waals surface area contributed by atoms with Gasteiger partial charge in [-0.15, -0.1) is 0 Å². The standard InChI is InChI=1S/C26H28N2/c1-19-11-12-26(25(18-19)24-10-7-15-27-21(24)3)28-16-13-23(14-17-28)20(2)22-8-5-4-6-9-22/h4-12,15,18,23H,2,13-14,16-17H2,1,3H3. The molecule has 0 amide bonds. The molecule has 4 rings (SSSR count). The molecule has 0 saturated carbocycles. The molecular weight excluding hydrogens is 340 g/mol. The van der Waals surface area contributed by atoms with Crippen molar-refractivity contribution in [2.24, 2.45) is 5.92 Å². The number of aromatic nitrogens is 1.